The van der Waals surface area contributed by atoms with Crippen molar-refractivity contribution in [2.24, 2.45) is 0 Å². The highest BCUT2D eigenvalue weighted by Gasteiger charge is 2.48. The highest BCUT2D eigenvalue weighted by molar-refractivity contribution is 7.18. The van der Waals surface area contributed by atoms with Gasteiger partial charge in [0.2, 0.25) is 0 Å². The van der Waals surface area contributed by atoms with Crippen molar-refractivity contribution in [2.75, 3.05) is 37.8 Å². The maximum Gasteiger partial charge on any atom is 0.338 e. The van der Waals surface area contributed by atoms with Crippen LogP contribution in [0.25, 0.3) is 32.1 Å². The largest absolute Gasteiger partial charge is 0.478 e. The summed E-state index contributed by atoms with van der Waals surface area (Å²) in [6.07, 6.45) is 4.95. The number of carbonyl (C=O) groups is 1. The Labute approximate surface area is 278 Å². The molecule has 0 bridgehead atoms. The third-order valence-corrected chi connectivity index (χ3v) is 10.4. The number of hydrogen-bond acceptors (Lipinski definition) is 8. The number of aromatic nitrogens is 3. The Balaban J connectivity index is 1.22. The molecule has 1 saturated heterocycles. The number of fused-ring (bicyclic) bond motifs is 2. The van der Waals surface area contributed by atoms with Gasteiger partial charge in [0.1, 0.15) is 24.1 Å². The molecule has 1 aliphatic heterocycles. The van der Waals surface area contributed by atoms with Crippen LogP contribution in [0.2, 0.25) is 5.02 Å². The van der Waals surface area contributed by atoms with E-state index in [0.717, 1.165) is 24.0 Å². The zero-order valence-electron chi connectivity index (χ0n) is 25.4. The number of nitriles is 1. The lowest BCUT2D eigenvalue weighted by atomic mass is 10.00. The third-order valence-electron chi connectivity index (χ3n) is 9.19. The van der Waals surface area contributed by atoms with E-state index in [1.165, 1.54) is 11.3 Å². The topological polar surface area (TPSA) is 115 Å². The van der Waals surface area contributed by atoms with Crippen LogP contribution in [-0.2, 0) is 6.54 Å². The van der Waals surface area contributed by atoms with Crippen LogP contribution in [0.3, 0.4) is 0 Å². The lowest BCUT2D eigenvalue weighted by Gasteiger charge is -2.39. The second-order valence-corrected chi connectivity index (χ2v) is 13.2. The van der Waals surface area contributed by atoms with Gasteiger partial charge in [0.25, 0.3) is 5.56 Å². The predicted molar refractivity (Wildman–Crippen MR) is 181 cm³/mol. The van der Waals surface area contributed by atoms with E-state index in [-0.39, 0.29) is 35.4 Å². The minimum atomic E-state index is -1.05. The number of rotatable bonds is 6. The number of aromatic carboxylic acids is 1. The second-order valence-electron chi connectivity index (χ2n) is 11.9. The van der Waals surface area contributed by atoms with Gasteiger partial charge in [0.05, 0.1) is 27.7 Å². The Bertz CT molecular complexity index is 2250. The van der Waals surface area contributed by atoms with Gasteiger partial charge in [-0.3, -0.25) is 14.7 Å². The summed E-state index contributed by atoms with van der Waals surface area (Å²) in [6, 6.07) is 11.2. The van der Waals surface area contributed by atoms with Gasteiger partial charge >= 0.3 is 5.97 Å². The normalized spacial score (nSPS) is 15.7. The van der Waals surface area contributed by atoms with Gasteiger partial charge in [0, 0.05) is 82.3 Å². The number of halogens is 2. The van der Waals surface area contributed by atoms with E-state index < -0.39 is 5.97 Å². The molecule has 4 aromatic heterocycles. The third kappa shape index (κ3) is 5.40. The Kier molecular flexibility index (Phi) is 7.93. The summed E-state index contributed by atoms with van der Waals surface area (Å²) in [5.41, 5.74) is 2.93. The van der Waals surface area contributed by atoms with Crippen molar-refractivity contribution >= 4 is 55.7 Å². The number of nitrogens with zero attached hydrogens (tertiary/aromatic N) is 6. The van der Waals surface area contributed by atoms with Gasteiger partial charge in [-0.15, -0.1) is 11.3 Å². The molecular weight excluding hydrogens is 639 g/mol. The van der Waals surface area contributed by atoms with Crippen molar-refractivity contribution in [1.29, 1.82) is 5.26 Å². The highest BCUT2D eigenvalue weighted by Crippen LogP contribution is 2.43. The zero-order valence-corrected chi connectivity index (χ0v) is 27.0. The molecule has 5 heterocycles. The molecule has 0 spiro atoms. The van der Waals surface area contributed by atoms with E-state index in [4.69, 9.17) is 11.6 Å². The molecule has 1 N–H and O–H groups in total. The van der Waals surface area contributed by atoms with E-state index >= 15 is 0 Å². The number of aryl methyl sites for hydroxylation is 1. The van der Waals surface area contributed by atoms with Crippen LogP contribution in [0.5, 0.6) is 0 Å². The maximum absolute atomic E-state index is 14.0. The molecule has 1 saturated carbocycles. The first kappa shape index (κ1) is 30.8. The number of pyridine rings is 3. The monoisotopic (exact) mass is 666 g/mol. The Morgan fingerprint density at radius 3 is 2.64 bits per heavy atom. The van der Waals surface area contributed by atoms with Gasteiger partial charge in [-0.1, -0.05) is 23.4 Å². The number of thiophene rings is 1. The van der Waals surface area contributed by atoms with Crippen molar-refractivity contribution < 1.29 is 14.3 Å². The molecule has 5 aromatic rings. The van der Waals surface area contributed by atoms with Crippen LogP contribution in [-0.4, -0.2) is 68.9 Å². The summed E-state index contributed by atoms with van der Waals surface area (Å²) in [6.45, 7) is 4.08. The van der Waals surface area contributed by atoms with Crippen LogP contribution in [0.4, 0.5) is 10.2 Å². The molecule has 2 fully saturated rings. The van der Waals surface area contributed by atoms with Crippen LogP contribution in [0, 0.1) is 30.1 Å². The van der Waals surface area contributed by atoms with Gasteiger partial charge in [-0.25, -0.2) is 14.2 Å². The zero-order chi connectivity index (χ0) is 32.9. The average molecular weight is 667 g/mol. The number of hydrogen-bond donors (Lipinski definition) is 1. The fourth-order valence-electron chi connectivity index (χ4n) is 6.43. The fourth-order valence-corrected chi connectivity index (χ4v) is 7.63. The standard InChI is InChI=1S/C35H28ClFN6O3S/c1-21-15-23-18-40-32(41-11-13-42(14-12-41)35(20-37)7-8-35)27(17-38)29(23)33(44)43(21)10-2-3-22-4-5-24(36)16-26(22)25-6-9-39-30-28(34(45)46)19-47-31(25)30/h4-6,9,15-16,18-19H,7-8,10-14,20H2,1H3,(H,45,46). The van der Waals surface area contributed by atoms with Gasteiger partial charge in [0.15, 0.2) is 0 Å². The average Bonchev–Trinajstić information content (AvgIpc) is 3.76. The lowest BCUT2D eigenvalue weighted by Crippen LogP contribution is -2.52. The predicted octanol–water partition coefficient (Wildman–Crippen LogP) is 5.88. The minimum Gasteiger partial charge on any atom is -0.478 e. The summed E-state index contributed by atoms with van der Waals surface area (Å²) in [5, 5.41) is 22.8. The number of benzene rings is 1. The van der Waals surface area contributed by atoms with E-state index in [1.807, 2.05) is 17.9 Å². The SMILES string of the molecule is Cc1cc2cnc(N3CCN(C4(CF)CC4)CC3)c(C#N)c2c(=O)n1CC#Cc1ccc(Cl)cc1-c1ccnc2c(C(=O)O)csc12. The molecule has 0 amide bonds. The summed E-state index contributed by atoms with van der Waals surface area (Å²) >= 11 is 7.67. The quantitative estimate of drug-likeness (QED) is 0.224. The summed E-state index contributed by atoms with van der Waals surface area (Å²) in [4.78, 5) is 38.8. The number of anilines is 1. The first-order valence-corrected chi connectivity index (χ1v) is 16.4. The van der Waals surface area contributed by atoms with Crippen LogP contribution < -0.4 is 10.5 Å². The smallest absolute Gasteiger partial charge is 0.338 e. The number of carboxylic acid groups (broad SMARTS) is 1. The van der Waals surface area contributed by atoms with Gasteiger partial charge in [-0.05, 0) is 50.1 Å². The van der Waals surface area contributed by atoms with Gasteiger partial charge in [-0.2, -0.15) is 5.26 Å². The molecule has 0 unspecified atom stereocenters. The molecule has 0 atom stereocenters. The summed E-state index contributed by atoms with van der Waals surface area (Å²) in [7, 11) is 0. The van der Waals surface area contributed by atoms with E-state index in [0.29, 0.717) is 69.3 Å². The Morgan fingerprint density at radius 2 is 1.94 bits per heavy atom. The number of piperazine rings is 1. The molecule has 2 aliphatic rings. The Morgan fingerprint density at radius 1 is 1.15 bits per heavy atom. The lowest BCUT2D eigenvalue weighted by molar-refractivity contribution is 0.0699. The highest BCUT2D eigenvalue weighted by atomic mass is 35.5. The summed E-state index contributed by atoms with van der Waals surface area (Å²) < 4.78 is 15.9. The van der Waals surface area contributed by atoms with E-state index in [9.17, 15) is 24.3 Å². The van der Waals surface area contributed by atoms with E-state index in [1.54, 1.807) is 46.6 Å². The first-order chi connectivity index (χ1) is 22.7. The minimum absolute atomic E-state index is 0.0725. The summed E-state index contributed by atoms with van der Waals surface area (Å²) in [5.74, 6) is 5.74. The molecule has 12 heteroatoms. The molecule has 236 valence electrons. The van der Waals surface area contributed by atoms with Crippen LogP contribution in [0.15, 0.2) is 52.9 Å². The van der Waals surface area contributed by atoms with Crippen molar-refractivity contribution in [1.82, 2.24) is 19.4 Å². The van der Waals surface area contributed by atoms with Crippen molar-refractivity contribution in [3.63, 3.8) is 0 Å². The molecule has 9 nitrogen and oxygen atoms in total. The van der Waals surface area contributed by atoms with Gasteiger partial charge < -0.3 is 14.6 Å². The van der Waals surface area contributed by atoms with Crippen LogP contribution in [0.1, 0.15) is 40.0 Å². The molecular formula is C35H28ClFN6O3S. The molecule has 0 radical (unpaired) electrons. The second kappa shape index (κ2) is 12.1. The molecule has 47 heavy (non-hydrogen) atoms. The number of carboxylic acids is 1. The number of alkyl halides is 1. The fraction of sp³-hybridized carbons (Fsp3) is 0.286. The van der Waals surface area contributed by atoms with Crippen molar-refractivity contribution in [2.45, 2.75) is 31.8 Å². The first-order valence-electron chi connectivity index (χ1n) is 15.1. The maximum atomic E-state index is 14.0. The van der Waals surface area contributed by atoms with Crippen molar-refractivity contribution in [3.05, 3.63) is 85.9 Å². The van der Waals surface area contributed by atoms with Crippen molar-refractivity contribution in [3.8, 4) is 29.0 Å². The molecule has 1 aliphatic carbocycles. The molecule has 7 rings (SSSR count). The van der Waals surface area contributed by atoms with E-state index in [2.05, 4.69) is 32.8 Å². The van der Waals surface area contributed by atoms with Crippen LogP contribution >= 0.6 is 22.9 Å². The Hall–Kier alpha value is -4.81. The molecule has 1 aromatic carbocycles.